The average molecular weight is 475 g/mol. The largest absolute Gasteiger partial charge is 0.465 e. The summed E-state index contributed by atoms with van der Waals surface area (Å²) < 4.78 is 52.5. The molecule has 180 valence electrons. The number of nitrogens with one attached hydrogen (secondary N) is 1. The number of esters is 1. The van der Waals surface area contributed by atoms with E-state index < -0.39 is 41.8 Å². The Bertz CT molecular complexity index is 1180. The Labute approximate surface area is 194 Å². The molecule has 34 heavy (non-hydrogen) atoms. The van der Waals surface area contributed by atoms with Gasteiger partial charge < -0.3 is 14.8 Å². The zero-order valence-corrected chi connectivity index (χ0v) is 19.0. The third kappa shape index (κ3) is 5.38. The minimum atomic E-state index is -3.03. The molecule has 1 aromatic heterocycles. The van der Waals surface area contributed by atoms with Gasteiger partial charge in [0.2, 0.25) is 5.88 Å². The fourth-order valence-electron chi connectivity index (χ4n) is 3.33. The summed E-state index contributed by atoms with van der Waals surface area (Å²) in [5, 5.41) is 6.42. The first kappa shape index (κ1) is 24.8. The van der Waals surface area contributed by atoms with Crippen molar-refractivity contribution in [3.8, 4) is 11.6 Å². The normalized spacial score (nSPS) is 12.8. The third-order valence-corrected chi connectivity index (χ3v) is 5.17. The number of alkyl halides is 3. The van der Waals surface area contributed by atoms with Crippen molar-refractivity contribution >= 4 is 11.9 Å². The minimum Gasteiger partial charge on any atom is -0.465 e. The van der Waals surface area contributed by atoms with Crippen molar-refractivity contribution in [3.63, 3.8) is 0 Å². The standard InChI is InChI=1S/C24H24F3N3O4/c1-13(25)17-6-5-7-18(12-17)34-23-19(20(21(26)27)29-30(23)3)22(31)28-14(2)15-8-10-16(11-9-15)24(32)33-4/h5-14,21H,1-4H3,(H,28,31). The second-order valence-corrected chi connectivity index (χ2v) is 7.59. The SMILES string of the molecule is COC(=O)c1ccc(C(C)NC(=O)c2c(C(F)F)nn(C)c2Oc2cccc(C(C)F)c2)cc1. The fraction of sp³-hybridized carbons (Fsp3) is 0.292. The molecule has 0 spiro atoms. The molecule has 1 heterocycles. The van der Waals surface area contributed by atoms with E-state index in [1.54, 1.807) is 31.2 Å². The molecule has 0 aliphatic heterocycles. The number of hydrogen-bond acceptors (Lipinski definition) is 5. The second-order valence-electron chi connectivity index (χ2n) is 7.59. The van der Waals surface area contributed by atoms with Gasteiger partial charge in [-0.2, -0.15) is 5.10 Å². The third-order valence-electron chi connectivity index (χ3n) is 5.17. The van der Waals surface area contributed by atoms with Crippen LogP contribution in [0.5, 0.6) is 11.6 Å². The van der Waals surface area contributed by atoms with E-state index in [1.807, 2.05) is 0 Å². The van der Waals surface area contributed by atoms with E-state index in [2.05, 4.69) is 15.2 Å². The molecule has 2 unspecified atom stereocenters. The summed E-state index contributed by atoms with van der Waals surface area (Å²) >= 11 is 0. The summed E-state index contributed by atoms with van der Waals surface area (Å²) in [6, 6.07) is 11.8. The summed E-state index contributed by atoms with van der Waals surface area (Å²) in [5.41, 5.74) is 0.143. The second kappa shape index (κ2) is 10.4. The van der Waals surface area contributed by atoms with Gasteiger partial charge in [-0.15, -0.1) is 0 Å². The van der Waals surface area contributed by atoms with Gasteiger partial charge in [-0.3, -0.25) is 4.79 Å². The van der Waals surface area contributed by atoms with Crippen molar-refractivity contribution < 1.29 is 32.2 Å². The zero-order chi connectivity index (χ0) is 25.0. The van der Waals surface area contributed by atoms with Crippen LogP contribution in [0.3, 0.4) is 0 Å². The van der Waals surface area contributed by atoms with Crippen LogP contribution in [-0.4, -0.2) is 28.8 Å². The molecule has 1 amide bonds. The van der Waals surface area contributed by atoms with Crippen molar-refractivity contribution in [2.24, 2.45) is 7.05 Å². The van der Waals surface area contributed by atoms with Crippen molar-refractivity contribution in [1.82, 2.24) is 15.1 Å². The van der Waals surface area contributed by atoms with Crippen LogP contribution < -0.4 is 10.1 Å². The minimum absolute atomic E-state index is 0.173. The van der Waals surface area contributed by atoms with Crippen molar-refractivity contribution in [2.75, 3.05) is 7.11 Å². The lowest BCUT2D eigenvalue weighted by atomic mass is 10.1. The van der Waals surface area contributed by atoms with Crippen LogP contribution in [0.2, 0.25) is 0 Å². The highest BCUT2D eigenvalue weighted by Gasteiger charge is 2.30. The van der Waals surface area contributed by atoms with Crippen molar-refractivity contribution in [2.45, 2.75) is 32.5 Å². The number of hydrogen-bond donors (Lipinski definition) is 1. The number of carbonyl (C=O) groups is 2. The lowest BCUT2D eigenvalue weighted by Crippen LogP contribution is -2.27. The predicted molar refractivity (Wildman–Crippen MR) is 118 cm³/mol. The molecule has 0 bridgehead atoms. The Hall–Kier alpha value is -3.82. The van der Waals surface area contributed by atoms with Crippen LogP contribution in [0.1, 0.15) is 70.0 Å². The van der Waals surface area contributed by atoms with Crippen molar-refractivity contribution in [3.05, 3.63) is 76.5 Å². The Kier molecular flexibility index (Phi) is 7.60. The molecule has 0 saturated heterocycles. The van der Waals surface area contributed by atoms with Crippen LogP contribution >= 0.6 is 0 Å². The lowest BCUT2D eigenvalue weighted by Gasteiger charge is -2.16. The summed E-state index contributed by atoms with van der Waals surface area (Å²) in [7, 11) is 2.64. The zero-order valence-electron chi connectivity index (χ0n) is 19.0. The number of aryl methyl sites for hydroxylation is 1. The van der Waals surface area contributed by atoms with E-state index in [-0.39, 0.29) is 11.6 Å². The Balaban J connectivity index is 1.89. The van der Waals surface area contributed by atoms with Gasteiger partial charge in [0.25, 0.3) is 12.3 Å². The van der Waals surface area contributed by atoms with E-state index in [1.165, 1.54) is 45.3 Å². The van der Waals surface area contributed by atoms with Crippen molar-refractivity contribution in [1.29, 1.82) is 0 Å². The molecule has 0 aliphatic rings. The summed E-state index contributed by atoms with van der Waals surface area (Å²) in [6.45, 7) is 3.02. The van der Waals surface area contributed by atoms with E-state index >= 15 is 0 Å². The molecule has 3 rings (SSSR count). The van der Waals surface area contributed by atoms with E-state index in [0.717, 1.165) is 4.68 Å². The van der Waals surface area contributed by atoms with Gasteiger partial charge in [0, 0.05) is 7.05 Å². The molecule has 0 saturated carbocycles. The van der Waals surface area contributed by atoms with Gasteiger partial charge in [0.15, 0.2) is 0 Å². The highest BCUT2D eigenvalue weighted by atomic mass is 19.3. The summed E-state index contributed by atoms with van der Waals surface area (Å²) in [6.07, 6.45) is -4.29. The van der Waals surface area contributed by atoms with Gasteiger partial charge in [-0.1, -0.05) is 24.3 Å². The number of benzene rings is 2. The molecule has 0 radical (unpaired) electrons. The maximum absolute atomic E-state index is 13.7. The number of halogens is 3. The van der Waals surface area contributed by atoms with Gasteiger partial charge in [-0.25, -0.2) is 22.6 Å². The highest BCUT2D eigenvalue weighted by Crippen LogP contribution is 2.34. The Morgan fingerprint density at radius 1 is 1.03 bits per heavy atom. The molecule has 7 nitrogen and oxygen atoms in total. The van der Waals surface area contributed by atoms with Gasteiger partial charge in [0.05, 0.1) is 18.7 Å². The molecule has 0 aliphatic carbocycles. The van der Waals surface area contributed by atoms with Crippen LogP contribution in [0.15, 0.2) is 48.5 Å². The quantitative estimate of drug-likeness (QED) is 0.438. The summed E-state index contributed by atoms with van der Waals surface area (Å²) in [4.78, 5) is 24.7. The molecule has 3 aromatic rings. The predicted octanol–water partition coefficient (Wildman–Crippen LogP) is 5.46. The molecular weight excluding hydrogens is 451 g/mol. The monoisotopic (exact) mass is 475 g/mol. The van der Waals surface area contributed by atoms with Crippen LogP contribution in [0, 0.1) is 0 Å². The first-order valence-corrected chi connectivity index (χ1v) is 10.4. The maximum Gasteiger partial charge on any atom is 0.337 e. The molecular formula is C24H24F3N3O4. The van der Waals surface area contributed by atoms with Crippen LogP contribution in [0.4, 0.5) is 13.2 Å². The topological polar surface area (TPSA) is 82.5 Å². The van der Waals surface area contributed by atoms with Gasteiger partial charge >= 0.3 is 5.97 Å². The first-order chi connectivity index (χ1) is 16.1. The Morgan fingerprint density at radius 2 is 1.71 bits per heavy atom. The number of methoxy groups -OCH3 is 1. The van der Waals surface area contributed by atoms with Gasteiger partial charge in [0.1, 0.15) is 23.2 Å². The highest BCUT2D eigenvalue weighted by molar-refractivity contribution is 5.98. The molecule has 10 heteroatoms. The van der Waals surface area contributed by atoms with E-state index in [9.17, 15) is 22.8 Å². The number of ether oxygens (including phenoxy) is 2. The Morgan fingerprint density at radius 3 is 2.29 bits per heavy atom. The van der Waals surface area contributed by atoms with Gasteiger partial charge in [-0.05, 0) is 49.2 Å². The summed E-state index contributed by atoms with van der Waals surface area (Å²) in [5.74, 6) is -1.36. The van der Waals surface area contributed by atoms with Crippen LogP contribution in [0.25, 0.3) is 0 Å². The van der Waals surface area contributed by atoms with Crippen LogP contribution in [-0.2, 0) is 11.8 Å². The first-order valence-electron chi connectivity index (χ1n) is 10.4. The average Bonchev–Trinajstić information content (AvgIpc) is 3.15. The fourth-order valence-corrected chi connectivity index (χ4v) is 3.33. The molecule has 2 atom stereocenters. The number of nitrogens with zero attached hydrogens (tertiary/aromatic N) is 2. The number of aromatic nitrogens is 2. The van der Waals surface area contributed by atoms with E-state index in [4.69, 9.17) is 4.74 Å². The number of amides is 1. The lowest BCUT2D eigenvalue weighted by molar-refractivity contribution is 0.0600. The maximum atomic E-state index is 13.7. The molecule has 0 fully saturated rings. The number of rotatable bonds is 8. The van der Waals surface area contributed by atoms with E-state index in [0.29, 0.717) is 16.7 Å². The number of carbonyl (C=O) groups excluding carboxylic acids is 2. The molecule has 1 N–H and O–H groups in total. The molecule has 2 aromatic carbocycles. The smallest absolute Gasteiger partial charge is 0.337 e.